The molecular weight excluding hydrogens is 503 g/mol. The SMILES string of the molecule is COc1ccc(F)c(-c2ccc(COc3ccc4c(c3)C([C@H](C(=O)O)C(C)C)CC4)cc2C2=CCCC2(C)C)c1. The van der Waals surface area contributed by atoms with E-state index >= 15 is 4.39 Å². The van der Waals surface area contributed by atoms with E-state index in [1.165, 1.54) is 17.2 Å². The van der Waals surface area contributed by atoms with E-state index in [1.807, 2.05) is 38.1 Å². The number of benzene rings is 3. The first kappa shape index (κ1) is 27.9. The molecule has 0 spiro atoms. The van der Waals surface area contributed by atoms with Gasteiger partial charge in [0.2, 0.25) is 0 Å². The van der Waals surface area contributed by atoms with Crippen molar-refractivity contribution >= 4 is 11.5 Å². The van der Waals surface area contributed by atoms with E-state index in [0.717, 1.165) is 53.7 Å². The third-order valence-electron chi connectivity index (χ3n) is 8.77. The first-order valence-corrected chi connectivity index (χ1v) is 14.3. The molecular formula is C35H39FO4. The molecule has 0 heterocycles. The van der Waals surface area contributed by atoms with Crippen molar-refractivity contribution in [2.75, 3.05) is 7.11 Å². The molecule has 1 unspecified atom stereocenters. The molecule has 5 heteroatoms. The Bertz CT molecular complexity index is 1450. The Balaban J connectivity index is 1.45. The Hall–Kier alpha value is -3.60. The molecule has 1 N–H and O–H groups in total. The maximum absolute atomic E-state index is 15.1. The minimum Gasteiger partial charge on any atom is -0.497 e. The van der Waals surface area contributed by atoms with Crippen LogP contribution in [0.3, 0.4) is 0 Å². The van der Waals surface area contributed by atoms with Gasteiger partial charge >= 0.3 is 5.97 Å². The number of hydrogen-bond acceptors (Lipinski definition) is 3. The second-order valence-electron chi connectivity index (χ2n) is 12.2. The van der Waals surface area contributed by atoms with Crippen molar-refractivity contribution in [3.05, 3.63) is 88.7 Å². The van der Waals surface area contributed by atoms with Gasteiger partial charge in [0.05, 0.1) is 13.0 Å². The van der Waals surface area contributed by atoms with Crippen LogP contribution in [0.2, 0.25) is 0 Å². The molecule has 2 aliphatic carbocycles. The molecule has 3 aromatic carbocycles. The fourth-order valence-corrected chi connectivity index (χ4v) is 6.60. The number of aryl methyl sites for hydroxylation is 1. The van der Waals surface area contributed by atoms with Gasteiger partial charge in [-0.15, -0.1) is 0 Å². The first-order chi connectivity index (χ1) is 19.1. The largest absolute Gasteiger partial charge is 0.497 e. The Morgan fingerprint density at radius 2 is 1.80 bits per heavy atom. The smallest absolute Gasteiger partial charge is 0.307 e. The lowest BCUT2D eigenvalue weighted by molar-refractivity contribution is -0.144. The van der Waals surface area contributed by atoms with Crippen molar-refractivity contribution in [1.29, 1.82) is 0 Å². The van der Waals surface area contributed by atoms with Crippen molar-refractivity contribution in [2.24, 2.45) is 17.3 Å². The van der Waals surface area contributed by atoms with Gasteiger partial charge in [0.1, 0.15) is 23.9 Å². The van der Waals surface area contributed by atoms with Crippen molar-refractivity contribution in [3.8, 4) is 22.6 Å². The molecule has 0 saturated heterocycles. The van der Waals surface area contributed by atoms with E-state index in [4.69, 9.17) is 9.47 Å². The Morgan fingerprint density at radius 1 is 1.02 bits per heavy atom. The van der Waals surface area contributed by atoms with Crippen LogP contribution in [0.25, 0.3) is 16.7 Å². The van der Waals surface area contributed by atoms with E-state index < -0.39 is 11.9 Å². The third kappa shape index (κ3) is 5.39. The molecule has 4 nitrogen and oxygen atoms in total. The number of carboxylic acid groups (broad SMARTS) is 1. The minimum atomic E-state index is -0.733. The quantitative estimate of drug-likeness (QED) is 0.294. The van der Waals surface area contributed by atoms with Crippen molar-refractivity contribution in [3.63, 3.8) is 0 Å². The highest BCUT2D eigenvalue weighted by Crippen LogP contribution is 2.48. The maximum Gasteiger partial charge on any atom is 0.307 e. The van der Waals surface area contributed by atoms with Crippen molar-refractivity contribution in [2.45, 2.75) is 65.9 Å². The van der Waals surface area contributed by atoms with Crippen LogP contribution in [0.4, 0.5) is 4.39 Å². The lowest BCUT2D eigenvalue weighted by Gasteiger charge is -2.26. The number of carboxylic acids is 1. The van der Waals surface area contributed by atoms with Gasteiger partial charge in [0.15, 0.2) is 0 Å². The van der Waals surface area contributed by atoms with Gasteiger partial charge in [0.25, 0.3) is 0 Å². The summed E-state index contributed by atoms with van der Waals surface area (Å²) in [6.45, 7) is 8.80. The zero-order chi connectivity index (χ0) is 28.6. The molecule has 0 bridgehead atoms. The molecule has 2 aliphatic rings. The predicted octanol–water partition coefficient (Wildman–Crippen LogP) is 8.67. The molecule has 2 atom stereocenters. The molecule has 0 saturated carbocycles. The molecule has 40 heavy (non-hydrogen) atoms. The monoisotopic (exact) mass is 542 g/mol. The molecule has 5 rings (SSSR count). The van der Waals surface area contributed by atoms with E-state index in [1.54, 1.807) is 19.2 Å². The number of ether oxygens (including phenoxy) is 2. The van der Waals surface area contributed by atoms with Crippen LogP contribution in [0.1, 0.15) is 75.1 Å². The summed E-state index contributed by atoms with van der Waals surface area (Å²) in [4.78, 5) is 12.0. The van der Waals surface area contributed by atoms with Crippen LogP contribution in [-0.4, -0.2) is 18.2 Å². The summed E-state index contributed by atoms with van der Waals surface area (Å²) in [6, 6.07) is 17.1. The number of hydrogen-bond donors (Lipinski definition) is 1. The van der Waals surface area contributed by atoms with Gasteiger partial charge < -0.3 is 14.6 Å². The van der Waals surface area contributed by atoms with Gasteiger partial charge in [-0.25, -0.2) is 4.39 Å². The van der Waals surface area contributed by atoms with Crippen molar-refractivity contribution < 1.29 is 23.8 Å². The number of methoxy groups -OCH3 is 1. The molecule has 3 aromatic rings. The fourth-order valence-electron chi connectivity index (χ4n) is 6.60. The lowest BCUT2D eigenvalue weighted by Crippen LogP contribution is -2.25. The average molecular weight is 543 g/mol. The maximum atomic E-state index is 15.1. The molecule has 0 aliphatic heterocycles. The van der Waals surface area contributed by atoms with Gasteiger partial charge in [0, 0.05) is 5.56 Å². The van der Waals surface area contributed by atoms with Crippen LogP contribution in [0, 0.1) is 23.1 Å². The van der Waals surface area contributed by atoms with Crippen LogP contribution >= 0.6 is 0 Å². The second kappa shape index (κ2) is 11.1. The number of rotatable bonds is 9. The highest BCUT2D eigenvalue weighted by atomic mass is 19.1. The summed E-state index contributed by atoms with van der Waals surface area (Å²) in [7, 11) is 1.59. The standard InChI is InChI=1S/C35H39FO4/c1-21(2)33(34(37)38)27-14-10-23-9-11-25(19-28(23)27)40-20-22-8-13-26(30-18-24(39-5)12-15-32(30)36)29(17-22)31-7-6-16-35(31,3)4/h7-9,11-13,15,17-19,21,27,33H,6,10,14,16,20H2,1-5H3,(H,37,38)/t27?,33-/m1/s1. The first-order valence-electron chi connectivity index (χ1n) is 14.3. The molecule has 0 fully saturated rings. The van der Waals surface area contributed by atoms with E-state index in [2.05, 4.69) is 32.1 Å². The van der Waals surface area contributed by atoms with Gasteiger partial charge in [-0.05, 0) is 113 Å². The topological polar surface area (TPSA) is 55.8 Å². The van der Waals surface area contributed by atoms with E-state index in [9.17, 15) is 9.90 Å². The Morgan fingerprint density at radius 3 is 2.48 bits per heavy atom. The Kier molecular flexibility index (Phi) is 7.76. The highest BCUT2D eigenvalue weighted by Gasteiger charge is 2.36. The fraction of sp³-hybridized carbons (Fsp3) is 0.400. The number of carbonyl (C=O) groups is 1. The normalized spacial score (nSPS) is 18.4. The second-order valence-corrected chi connectivity index (χ2v) is 12.2. The molecule has 0 aromatic heterocycles. The van der Waals surface area contributed by atoms with E-state index in [-0.39, 0.29) is 23.1 Å². The van der Waals surface area contributed by atoms with Crippen molar-refractivity contribution in [1.82, 2.24) is 0 Å². The Labute approximate surface area is 236 Å². The van der Waals surface area contributed by atoms with E-state index in [0.29, 0.717) is 17.9 Å². The van der Waals surface area contributed by atoms with Gasteiger partial charge in [-0.2, -0.15) is 0 Å². The molecule has 0 radical (unpaired) electrons. The zero-order valence-electron chi connectivity index (χ0n) is 24.1. The van der Waals surface area contributed by atoms with Crippen LogP contribution in [0.15, 0.2) is 60.7 Å². The third-order valence-corrected chi connectivity index (χ3v) is 8.77. The predicted molar refractivity (Wildman–Crippen MR) is 157 cm³/mol. The van der Waals surface area contributed by atoms with Crippen LogP contribution in [-0.2, 0) is 17.8 Å². The molecule has 210 valence electrons. The van der Waals surface area contributed by atoms with Crippen LogP contribution in [0.5, 0.6) is 11.5 Å². The van der Waals surface area contributed by atoms with Crippen LogP contribution < -0.4 is 9.47 Å². The highest BCUT2D eigenvalue weighted by molar-refractivity contribution is 5.85. The van der Waals surface area contributed by atoms with Gasteiger partial charge in [-0.3, -0.25) is 4.79 Å². The summed E-state index contributed by atoms with van der Waals surface area (Å²) in [5.74, 6) is -0.0172. The summed E-state index contributed by atoms with van der Waals surface area (Å²) in [6.07, 6.45) is 6.06. The summed E-state index contributed by atoms with van der Waals surface area (Å²) in [5.41, 5.74) is 6.89. The molecule has 0 amide bonds. The van der Waals surface area contributed by atoms with Gasteiger partial charge in [-0.1, -0.05) is 52.0 Å². The number of halogens is 1. The summed E-state index contributed by atoms with van der Waals surface area (Å²) >= 11 is 0. The zero-order valence-corrected chi connectivity index (χ0v) is 24.1. The number of allylic oxidation sites excluding steroid dienone is 2. The number of fused-ring (bicyclic) bond motifs is 1. The summed E-state index contributed by atoms with van der Waals surface area (Å²) < 4.78 is 26.8. The number of aliphatic carboxylic acids is 1. The average Bonchev–Trinajstić information content (AvgIpc) is 3.49. The lowest BCUT2D eigenvalue weighted by atomic mass is 9.79. The minimum absolute atomic E-state index is 0.00349. The summed E-state index contributed by atoms with van der Waals surface area (Å²) in [5, 5.41) is 9.89.